The van der Waals surface area contributed by atoms with Crippen LogP contribution in [0.3, 0.4) is 0 Å². The maximum atomic E-state index is 10.5. The van der Waals surface area contributed by atoms with Crippen molar-refractivity contribution in [1.29, 1.82) is 0 Å². The molecule has 0 amide bonds. The van der Waals surface area contributed by atoms with Gasteiger partial charge in [-0.1, -0.05) is 78.1 Å². The van der Waals surface area contributed by atoms with Crippen molar-refractivity contribution >= 4 is 45.0 Å². The Balaban J connectivity index is -0.000000537. The van der Waals surface area contributed by atoms with Gasteiger partial charge >= 0.3 is 56.7 Å². The SMILES string of the molecule is CCCCCCCC/C(=C/C(=O)[O-])C(=O)[O-].CCCCCCCC/C(=C/C(=O)[O-])C(=O)[O-].C[CH](C)[Sn+4][CH](C)C. The zero-order valence-corrected chi connectivity index (χ0v) is 27.8. The van der Waals surface area contributed by atoms with Gasteiger partial charge in [-0.05, 0) is 49.0 Å². The molecule has 0 aromatic carbocycles. The quantitative estimate of drug-likeness (QED) is 0.110. The van der Waals surface area contributed by atoms with E-state index < -0.39 is 23.9 Å². The van der Waals surface area contributed by atoms with Crippen molar-refractivity contribution in [3.05, 3.63) is 23.3 Å². The Kier molecular flexibility index (Phi) is 31.1. The van der Waals surface area contributed by atoms with Crippen molar-refractivity contribution in [2.24, 2.45) is 0 Å². The standard InChI is InChI=1S/2C12H20O4.2C3H7.Sn/c2*1-2-3-4-5-6-7-8-10(12(15)16)9-11(13)14;2*1-3-2;/h2*9H,2-8H2,1H3,(H,13,14)(H,15,16);2*3H,1-2H3;/q;;;;+4/p-4/b2*10-9-;;;. The zero-order chi connectivity index (χ0) is 30.6. The van der Waals surface area contributed by atoms with Crippen molar-refractivity contribution in [2.75, 3.05) is 0 Å². The first-order valence-electron chi connectivity index (χ1n) is 14.3. The van der Waals surface area contributed by atoms with Crippen molar-refractivity contribution < 1.29 is 39.6 Å². The Hall–Kier alpha value is -1.84. The van der Waals surface area contributed by atoms with Crippen LogP contribution in [0.1, 0.15) is 131 Å². The predicted octanol–water partition coefficient (Wildman–Crippen LogP) is 2.67. The van der Waals surface area contributed by atoms with Gasteiger partial charge in [0.15, 0.2) is 0 Å². The maximum absolute atomic E-state index is 10.5. The number of hydrogen-bond acceptors (Lipinski definition) is 8. The molecule has 0 heterocycles. The molecule has 0 bridgehead atoms. The van der Waals surface area contributed by atoms with Gasteiger partial charge in [-0.25, -0.2) is 0 Å². The molecule has 0 fully saturated rings. The number of unbranched alkanes of at least 4 members (excludes halogenated alkanes) is 10. The van der Waals surface area contributed by atoms with E-state index >= 15 is 0 Å². The van der Waals surface area contributed by atoms with Crippen molar-refractivity contribution in [2.45, 2.75) is 139 Å². The molecule has 0 saturated heterocycles. The minimum absolute atomic E-state index is 0.0389. The van der Waals surface area contributed by atoms with Gasteiger partial charge in [-0.3, -0.25) is 0 Å². The third-order valence-corrected chi connectivity index (χ3v) is 9.18. The van der Waals surface area contributed by atoms with Crippen LogP contribution in [0.25, 0.3) is 0 Å². The molecule has 0 spiro atoms. The molecule has 9 heteroatoms. The Morgan fingerprint density at radius 2 is 0.821 bits per heavy atom. The first-order chi connectivity index (χ1) is 18.3. The number of hydrogen-bond donors (Lipinski definition) is 0. The third kappa shape index (κ3) is 36.2. The molecule has 0 aliphatic carbocycles. The molecule has 0 aliphatic rings. The van der Waals surface area contributed by atoms with E-state index in [0.29, 0.717) is 25.0 Å². The van der Waals surface area contributed by atoms with E-state index in [9.17, 15) is 39.6 Å². The van der Waals surface area contributed by atoms with Crippen LogP contribution >= 0.6 is 0 Å². The van der Waals surface area contributed by atoms with Crippen LogP contribution < -0.4 is 20.4 Å². The molecular formula is C30H50O8Sn. The van der Waals surface area contributed by atoms with E-state index in [1.165, 1.54) is 12.8 Å². The fourth-order valence-corrected chi connectivity index (χ4v) is 7.41. The summed E-state index contributed by atoms with van der Waals surface area (Å²) in [5.74, 6) is -5.80. The van der Waals surface area contributed by atoms with Gasteiger partial charge in [0.2, 0.25) is 0 Å². The van der Waals surface area contributed by atoms with E-state index in [2.05, 4.69) is 41.5 Å². The Morgan fingerprint density at radius 3 is 1.03 bits per heavy atom. The normalized spacial score (nSPS) is 11.4. The van der Waals surface area contributed by atoms with Crippen molar-refractivity contribution in [1.82, 2.24) is 0 Å². The molecule has 0 saturated carbocycles. The van der Waals surface area contributed by atoms with E-state index in [4.69, 9.17) is 0 Å². The molecule has 222 valence electrons. The monoisotopic (exact) mass is 658 g/mol. The molecule has 0 atom stereocenters. The van der Waals surface area contributed by atoms with E-state index in [1.807, 2.05) is 0 Å². The summed E-state index contributed by atoms with van der Waals surface area (Å²) in [5.41, 5.74) is -0.369. The van der Waals surface area contributed by atoms with Crippen LogP contribution in [0.5, 0.6) is 0 Å². The number of rotatable bonds is 20. The minimum atomic E-state index is -1.48. The summed E-state index contributed by atoms with van der Waals surface area (Å²) in [5, 5.41) is 41.5. The van der Waals surface area contributed by atoms with Crippen LogP contribution in [0.4, 0.5) is 0 Å². The van der Waals surface area contributed by atoms with Crippen LogP contribution in [-0.4, -0.2) is 45.0 Å². The van der Waals surface area contributed by atoms with Gasteiger partial charge in [0, 0.05) is 0 Å². The van der Waals surface area contributed by atoms with Crippen LogP contribution in [0, 0.1) is 0 Å². The van der Waals surface area contributed by atoms with Gasteiger partial charge in [0.05, 0.1) is 23.9 Å². The summed E-state index contributed by atoms with van der Waals surface area (Å²) in [6.45, 7) is 13.6. The number of carbonyl (C=O) groups is 4. The second-order valence-electron chi connectivity index (χ2n) is 10.1. The van der Waals surface area contributed by atoms with E-state index in [-0.39, 0.29) is 45.1 Å². The molecule has 0 rings (SSSR count). The number of carboxylic acids is 4. The van der Waals surface area contributed by atoms with Gasteiger partial charge in [0.1, 0.15) is 0 Å². The van der Waals surface area contributed by atoms with E-state index in [0.717, 1.165) is 59.2 Å². The number of aliphatic carboxylic acids is 4. The molecule has 0 aliphatic heterocycles. The van der Waals surface area contributed by atoms with Crippen LogP contribution in [0.15, 0.2) is 23.3 Å². The summed E-state index contributed by atoms with van der Waals surface area (Å²) < 4.78 is 2.09. The molecular weight excluding hydrogens is 607 g/mol. The molecule has 0 aromatic rings. The fraction of sp³-hybridized carbons (Fsp3) is 0.733. The van der Waals surface area contributed by atoms with Gasteiger partial charge in [-0.2, -0.15) is 0 Å². The molecule has 6 radical (unpaired) electrons. The van der Waals surface area contributed by atoms with Gasteiger partial charge in [-0.15, -0.1) is 0 Å². The summed E-state index contributed by atoms with van der Waals surface area (Å²) in [4.78, 5) is 41.5. The van der Waals surface area contributed by atoms with Crippen molar-refractivity contribution in [3.63, 3.8) is 0 Å². The second-order valence-corrected chi connectivity index (χ2v) is 17.6. The average molecular weight is 657 g/mol. The fourth-order valence-electron chi connectivity index (χ4n) is 3.61. The summed E-state index contributed by atoms with van der Waals surface area (Å²) in [7, 11) is 0. The predicted molar refractivity (Wildman–Crippen MR) is 148 cm³/mol. The Morgan fingerprint density at radius 1 is 0.538 bits per heavy atom. The van der Waals surface area contributed by atoms with Crippen molar-refractivity contribution in [3.8, 4) is 0 Å². The summed E-state index contributed by atoms with van der Waals surface area (Å²) >= 11 is 0.0389. The second kappa shape index (κ2) is 29.1. The average Bonchev–Trinajstić information content (AvgIpc) is 2.81. The Bertz CT molecular complexity index is 666. The first kappa shape index (κ1) is 41.6. The van der Waals surface area contributed by atoms with Gasteiger partial charge < -0.3 is 39.6 Å². The number of carboxylic acid groups (broad SMARTS) is 4. The van der Waals surface area contributed by atoms with E-state index in [1.54, 1.807) is 0 Å². The molecule has 8 nitrogen and oxygen atoms in total. The third-order valence-electron chi connectivity index (χ3n) is 5.37. The van der Waals surface area contributed by atoms with Crippen LogP contribution in [-0.2, 0) is 19.2 Å². The molecule has 0 aromatic heterocycles. The summed E-state index contributed by atoms with van der Waals surface area (Å²) in [6, 6.07) is 0. The molecule has 0 unspecified atom stereocenters. The molecule has 0 N–H and O–H groups in total. The zero-order valence-electron chi connectivity index (χ0n) is 25.0. The summed E-state index contributed by atoms with van der Waals surface area (Å²) in [6.07, 6.45) is 14.0. The van der Waals surface area contributed by atoms with Crippen LogP contribution in [0.2, 0.25) is 7.87 Å². The Labute approximate surface area is 246 Å². The first-order valence-corrected chi connectivity index (χ1v) is 17.6. The number of carbonyl (C=O) groups excluding carboxylic acids is 4. The molecule has 39 heavy (non-hydrogen) atoms. The topological polar surface area (TPSA) is 161 Å². The van der Waals surface area contributed by atoms with Gasteiger partial charge in [0.25, 0.3) is 0 Å².